The van der Waals surface area contributed by atoms with Gasteiger partial charge in [-0.1, -0.05) is 36.4 Å². The lowest BCUT2D eigenvalue weighted by Crippen LogP contribution is -2.08. The van der Waals surface area contributed by atoms with Crippen molar-refractivity contribution >= 4 is 5.97 Å². The monoisotopic (exact) mass is 244 g/mol. The summed E-state index contributed by atoms with van der Waals surface area (Å²) < 4.78 is 0. The normalized spacial score (nSPS) is 9.83. The molecule has 0 atom stereocenters. The molecule has 2 aromatic rings. The maximum absolute atomic E-state index is 11.5. The first-order valence-corrected chi connectivity index (χ1v) is 5.43. The van der Waals surface area contributed by atoms with Gasteiger partial charge < -0.3 is 0 Å². The van der Waals surface area contributed by atoms with Gasteiger partial charge in [0.25, 0.3) is 0 Å². The number of rotatable bonds is 4. The van der Waals surface area contributed by atoms with Gasteiger partial charge in [0, 0.05) is 5.04 Å². The zero-order valence-corrected chi connectivity index (χ0v) is 9.83. The maximum Gasteiger partial charge on any atom is 0.377 e. The van der Waals surface area contributed by atoms with Gasteiger partial charge in [-0.25, -0.2) is 4.79 Å². The molecule has 0 spiro atoms. The summed E-state index contributed by atoms with van der Waals surface area (Å²) in [5, 5.41) is 4.47. The minimum absolute atomic E-state index is 0.394. The molecule has 0 N–H and O–H groups in total. The van der Waals surface area contributed by atoms with Crippen LogP contribution in [0.25, 0.3) is 0 Å². The molecular formula is C14H12O4. The molecule has 0 aliphatic carbocycles. The van der Waals surface area contributed by atoms with Crippen molar-refractivity contribution in [1.82, 2.24) is 0 Å². The summed E-state index contributed by atoms with van der Waals surface area (Å²) >= 11 is 0. The summed E-state index contributed by atoms with van der Waals surface area (Å²) in [5.41, 5.74) is 1.28. The molecule has 0 saturated heterocycles. The highest BCUT2D eigenvalue weighted by atomic mass is 17.5. The van der Waals surface area contributed by atoms with E-state index >= 15 is 0 Å². The molecule has 0 radical (unpaired) electrons. The van der Waals surface area contributed by atoms with E-state index in [2.05, 4.69) is 9.93 Å². The Morgan fingerprint density at radius 3 is 2.33 bits per heavy atom. The Morgan fingerprint density at radius 1 is 0.944 bits per heavy atom. The van der Waals surface area contributed by atoms with Gasteiger partial charge in [0.2, 0.25) is 0 Å². The van der Waals surface area contributed by atoms with Gasteiger partial charge in [-0.2, -0.15) is 0 Å². The highest BCUT2D eigenvalue weighted by Gasteiger charge is 2.08. The van der Waals surface area contributed by atoms with Gasteiger partial charge in [-0.05, 0) is 30.7 Å². The fraction of sp³-hybridized carbons (Fsp3) is 0.0714. The topological polar surface area (TPSA) is 44.8 Å². The van der Waals surface area contributed by atoms with Crippen molar-refractivity contribution in [2.45, 2.75) is 6.92 Å². The van der Waals surface area contributed by atoms with Crippen LogP contribution in [-0.2, 0) is 9.93 Å². The quantitative estimate of drug-likeness (QED) is 0.612. The highest BCUT2D eigenvalue weighted by Crippen LogP contribution is 2.16. The second kappa shape index (κ2) is 5.84. The number of benzene rings is 2. The molecule has 0 bridgehead atoms. The van der Waals surface area contributed by atoms with E-state index in [1.165, 1.54) is 0 Å². The molecule has 4 heteroatoms. The molecule has 0 aromatic heterocycles. The first-order chi connectivity index (χ1) is 8.77. The average molecular weight is 244 g/mol. The van der Waals surface area contributed by atoms with E-state index in [9.17, 15) is 4.79 Å². The van der Waals surface area contributed by atoms with Crippen LogP contribution >= 0.6 is 0 Å². The number of hydrogen-bond donors (Lipinski definition) is 0. The molecule has 0 fully saturated rings. The number of carbonyl (C=O) groups excluding carboxylic acids is 1. The van der Waals surface area contributed by atoms with Crippen molar-refractivity contribution in [1.29, 1.82) is 0 Å². The van der Waals surface area contributed by atoms with E-state index in [4.69, 9.17) is 4.89 Å². The Morgan fingerprint density at radius 2 is 1.61 bits per heavy atom. The van der Waals surface area contributed by atoms with Crippen LogP contribution < -0.4 is 4.89 Å². The molecule has 0 saturated carbocycles. The van der Waals surface area contributed by atoms with E-state index < -0.39 is 5.97 Å². The van der Waals surface area contributed by atoms with Crippen molar-refractivity contribution < 1.29 is 19.6 Å². The van der Waals surface area contributed by atoms with Gasteiger partial charge in [-0.15, -0.1) is 0 Å². The molecule has 0 unspecified atom stereocenters. The Balaban J connectivity index is 1.86. The van der Waals surface area contributed by atoms with Crippen molar-refractivity contribution in [2.75, 3.05) is 0 Å². The maximum atomic E-state index is 11.5. The summed E-state index contributed by atoms with van der Waals surface area (Å²) in [6, 6.07) is 15.8. The first kappa shape index (κ1) is 12.1. The Hall–Kier alpha value is -2.33. The molecule has 2 rings (SSSR count). The van der Waals surface area contributed by atoms with Gasteiger partial charge in [0.05, 0.1) is 5.56 Å². The molecule has 0 aliphatic heterocycles. The minimum Gasteiger partial charge on any atom is -0.299 e. The van der Waals surface area contributed by atoms with E-state index in [-0.39, 0.29) is 0 Å². The number of carbonyl (C=O) groups is 1. The largest absolute Gasteiger partial charge is 0.377 e. The van der Waals surface area contributed by atoms with E-state index in [0.29, 0.717) is 11.3 Å². The Kier molecular flexibility index (Phi) is 3.94. The summed E-state index contributed by atoms with van der Waals surface area (Å²) in [7, 11) is 0. The van der Waals surface area contributed by atoms with E-state index in [1.807, 2.05) is 25.1 Å². The fourth-order valence-corrected chi connectivity index (χ4v) is 1.36. The van der Waals surface area contributed by atoms with E-state index in [1.54, 1.807) is 36.4 Å². The summed E-state index contributed by atoms with van der Waals surface area (Å²) in [6.07, 6.45) is 0. The molecule has 0 amide bonds. The Labute approximate surface area is 105 Å². The second-order valence-electron chi connectivity index (χ2n) is 3.65. The SMILES string of the molecule is Cc1ccccc1OOOC(=O)c1ccccc1. The standard InChI is InChI=1S/C14H12O4/c1-11-7-5-6-10-13(11)16-18-17-14(15)12-8-3-2-4-9-12/h2-10H,1H3. The average Bonchev–Trinajstić information content (AvgIpc) is 2.42. The lowest BCUT2D eigenvalue weighted by Gasteiger charge is -2.05. The van der Waals surface area contributed by atoms with Crippen LogP contribution in [0.15, 0.2) is 54.6 Å². The Bertz CT molecular complexity index is 522. The summed E-state index contributed by atoms with van der Waals surface area (Å²) in [5.74, 6) is -0.109. The molecule has 92 valence electrons. The van der Waals surface area contributed by atoms with Crippen molar-refractivity contribution in [3.8, 4) is 5.75 Å². The van der Waals surface area contributed by atoms with Crippen LogP contribution in [0.2, 0.25) is 0 Å². The van der Waals surface area contributed by atoms with Crippen LogP contribution in [0, 0.1) is 6.92 Å². The lowest BCUT2D eigenvalue weighted by atomic mass is 10.2. The molecule has 0 heterocycles. The van der Waals surface area contributed by atoms with Crippen LogP contribution in [0.1, 0.15) is 15.9 Å². The predicted octanol–water partition coefficient (Wildman–Crippen LogP) is 3.08. The zero-order valence-electron chi connectivity index (χ0n) is 9.83. The van der Waals surface area contributed by atoms with Crippen LogP contribution in [0.5, 0.6) is 5.75 Å². The number of aryl methyl sites for hydroxylation is 1. The van der Waals surface area contributed by atoms with Gasteiger partial charge >= 0.3 is 5.97 Å². The smallest absolute Gasteiger partial charge is 0.299 e. The molecule has 0 aliphatic rings. The van der Waals surface area contributed by atoms with Gasteiger partial charge in [0.15, 0.2) is 5.75 Å². The van der Waals surface area contributed by atoms with Crippen LogP contribution in [0.4, 0.5) is 0 Å². The third-order valence-corrected chi connectivity index (χ3v) is 2.34. The fourth-order valence-electron chi connectivity index (χ4n) is 1.36. The lowest BCUT2D eigenvalue weighted by molar-refractivity contribution is -0.429. The van der Waals surface area contributed by atoms with Crippen LogP contribution in [0.3, 0.4) is 0 Å². The molecule has 2 aromatic carbocycles. The molecule has 18 heavy (non-hydrogen) atoms. The first-order valence-electron chi connectivity index (χ1n) is 5.43. The zero-order chi connectivity index (χ0) is 12.8. The third-order valence-electron chi connectivity index (χ3n) is 2.34. The van der Waals surface area contributed by atoms with Crippen molar-refractivity contribution in [3.63, 3.8) is 0 Å². The van der Waals surface area contributed by atoms with Crippen molar-refractivity contribution in [3.05, 3.63) is 65.7 Å². The third kappa shape index (κ3) is 3.09. The number of hydrogen-bond acceptors (Lipinski definition) is 4. The molecular weight excluding hydrogens is 232 g/mol. The van der Waals surface area contributed by atoms with Gasteiger partial charge in [0.1, 0.15) is 0 Å². The summed E-state index contributed by atoms with van der Waals surface area (Å²) in [6.45, 7) is 1.86. The van der Waals surface area contributed by atoms with E-state index in [0.717, 1.165) is 5.56 Å². The van der Waals surface area contributed by atoms with Gasteiger partial charge in [-0.3, -0.25) is 9.78 Å². The highest BCUT2D eigenvalue weighted by molar-refractivity contribution is 5.88. The predicted molar refractivity (Wildman–Crippen MR) is 64.7 cm³/mol. The molecule has 4 nitrogen and oxygen atoms in total. The van der Waals surface area contributed by atoms with Crippen molar-refractivity contribution in [2.24, 2.45) is 0 Å². The minimum atomic E-state index is -0.607. The number of para-hydroxylation sites is 1. The van der Waals surface area contributed by atoms with Crippen LogP contribution in [-0.4, -0.2) is 5.97 Å². The second-order valence-corrected chi connectivity index (χ2v) is 3.65. The summed E-state index contributed by atoms with van der Waals surface area (Å²) in [4.78, 5) is 20.9.